The molecule has 0 aromatic carbocycles. The standard InChI is InChI=1S/C11H18N4O/c1-7-4-5-15(6-9(7)16)10-3-2-8(12)11(13)14-10/h2-3,7,9,16H,4-6,12H2,1H3,(H2,13,14). The Kier molecular flexibility index (Phi) is 2.87. The quantitative estimate of drug-likeness (QED) is 0.642. The van der Waals surface area contributed by atoms with Crippen LogP contribution in [0.5, 0.6) is 0 Å². The number of hydrogen-bond donors (Lipinski definition) is 3. The second kappa shape index (κ2) is 4.17. The van der Waals surface area contributed by atoms with Crippen molar-refractivity contribution in [1.82, 2.24) is 4.98 Å². The number of pyridine rings is 1. The van der Waals surface area contributed by atoms with Crippen molar-refractivity contribution in [3.05, 3.63) is 12.1 Å². The van der Waals surface area contributed by atoms with Gasteiger partial charge in [-0.1, -0.05) is 6.92 Å². The molecule has 88 valence electrons. The molecule has 5 N–H and O–H groups in total. The van der Waals surface area contributed by atoms with E-state index in [9.17, 15) is 5.11 Å². The molecule has 1 aliphatic rings. The van der Waals surface area contributed by atoms with Gasteiger partial charge in [-0.3, -0.25) is 0 Å². The summed E-state index contributed by atoms with van der Waals surface area (Å²) < 4.78 is 0. The van der Waals surface area contributed by atoms with Gasteiger partial charge < -0.3 is 21.5 Å². The highest BCUT2D eigenvalue weighted by molar-refractivity contribution is 5.62. The molecule has 0 spiro atoms. The van der Waals surface area contributed by atoms with Gasteiger partial charge in [-0.05, 0) is 24.5 Å². The lowest BCUT2D eigenvalue weighted by molar-refractivity contribution is 0.102. The highest BCUT2D eigenvalue weighted by Gasteiger charge is 2.25. The van der Waals surface area contributed by atoms with Gasteiger partial charge in [0.2, 0.25) is 0 Å². The number of aliphatic hydroxyl groups is 1. The molecule has 2 rings (SSSR count). The van der Waals surface area contributed by atoms with E-state index < -0.39 is 0 Å². The minimum atomic E-state index is -0.297. The van der Waals surface area contributed by atoms with Crippen molar-refractivity contribution in [1.29, 1.82) is 0 Å². The summed E-state index contributed by atoms with van der Waals surface area (Å²) in [5.41, 5.74) is 11.8. The first-order valence-electron chi connectivity index (χ1n) is 5.53. The van der Waals surface area contributed by atoms with Gasteiger partial charge in [0.1, 0.15) is 11.6 Å². The predicted molar refractivity (Wildman–Crippen MR) is 65.1 cm³/mol. The van der Waals surface area contributed by atoms with Crippen LogP contribution in [0.2, 0.25) is 0 Å². The van der Waals surface area contributed by atoms with E-state index in [4.69, 9.17) is 11.5 Å². The van der Waals surface area contributed by atoms with Crippen LogP contribution in [0.15, 0.2) is 12.1 Å². The number of hydrogen-bond acceptors (Lipinski definition) is 5. The Morgan fingerprint density at radius 1 is 1.44 bits per heavy atom. The van der Waals surface area contributed by atoms with Gasteiger partial charge in [0.25, 0.3) is 0 Å². The van der Waals surface area contributed by atoms with Crippen molar-refractivity contribution in [3.63, 3.8) is 0 Å². The molecular weight excluding hydrogens is 204 g/mol. The maximum atomic E-state index is 9.81. The van der Waals surface area contributed by atoms with Gasteiger partial charge in [0.05, 0.1) is 11.8 Å². The zero-order valence-electron chi connectivity index (χ0n) is 9.43. The van der Waals surface area contributed by atoms with Crippen LogP contribution in [0, 0.1) is 5.92 Å². The summed E-state index contributed by atoms with van der Waals surface area (Å²) in [7, 11) is 0. The number of nitrogens with two attached hydrogens (primary N) is 2. The molecule has 0 amide bonds. The monoisotopic (exact) mass is 222 g/mol. The lowest BCUT2D eigenvalue weighted by atomic mass is 9.96. The number of β-amino-alcohol motifs (C(OH)–C–C–N with tert-alkyl or cyclic N) is 1. The third kappa shape index (κ3) is 2.04. The molecule has 2 atom stereocenters. The number of aliphatic hydroxyl groups excluding tert-OH is 1. The summed E-state index contributed by atoms with van der Waals surface area (Å²) >= 11 is 0. The molecule has 0 bridgehead atoms. The van der Waals surface area contributed by atoms with Gasteiger partial charge in [0, 0.05) is 13.1 Å². The van der Waals surface area contributed by atoms with Crippen LogP contribution in [-0.2, 0) is 0 Å². The Hall–Kier alpha value is -1.49. The molecule has 2 unspecified atom stereocenters. The molecule has 1 aromatic rings. The molecule has 0 aliphatic carbocycles. The molecule has 0 radical (unpaired) electrons. The van der Waals surface area contributed by atoms with Crippen molar-refractivity contribution >= 4 is 17.3 Å². The summed E-state index contributed by atoms with van der Waals surface area (Å²) in [6, 6.07) is 3.59. The Morgan fingerprint density at radius 2 is 2.19 bits per heavy atom. The fourth-order valence-electron chi connectivity index (χ4n) is 1.91. The van der Waals surface area contributed by atoms with Crippen molar-refractivity contribution in [2.75, 3.05) is 29.5 Å². The predicted octanol–water partition coefficient (Wildman–Crippen LogP) is 0.453. The summed E-state index contributed by atoms with van der Waals surface area (Å²) in [5.74, 6) is 1.49. The first-order chi connectivity index (χ1) is 7.58. The SMILES string of the molecule is CC1CCN(c2ccc(N)c(N)n2)CC1O. The molecule has 16 heavy (non-hydrogen) atoms. The van der Waals surface area contributed by atoms with E-state index in [1.165, 1.54) is 0 Å². The molecule has 1 aromatic heterocycles. The van der Waals surface area contributed by atoms with Crippen molar-refractivity contribution < 1.29 is 5.11 Å². The van der Waals surface area contributed by atoms with E-state index in [1.807, 2.05) is 11.0 Å². The highest BCUT2D eigenvalue weighted by Crippen LogP contribution is 2.24. The molecule has 2 heterocycles. The molecule has 5 heteroatoms. The fourth-order valence-corrected chi connectivity index (χ4v) is 1.91. The normalized spacial score (nSPS) is 25.8. The summed E-state index contributed by atoms with van der Waals surface area (Å²) in [4.78, 5) is 6.27. The van der Waals surface area contributed by atoms with Gasteiger partial charge >= 0.3 is 0 Å². The van der Waals surface area contributed by atoms with Crippen LogP contribution < -0.4 is 16.4 Å². The number of rotatable bonds is 1. The first kappa shape index (κ1) is 11.0. The number of nitrogen functional groups attached to an aromatic ring is 2. The number of aromatic nitrogens is 1. The second-order valence-corrected chi connectivity index (χ2v) is 4.42. The first-order valence-corrected chi connectivity index (χ1v) is 5.53. The van der Waals surface area contributed by atoms with Crippen LogP contribution in [0.4, 0.5) is 17.3 Å². The molecule has 5 nitrogen and oxygen atoms in total. The number of piperidine rings is 1. The topological polar surface area (TPSA) is 88.4 Å². The summed E-state index contributed by atoms with van der Waals surface area (Å²) in [6.45, 7) is 3.57. The van der Waals surface area contributed by atoms with Crippen molar-refractivity contribution in [3.8, 4) is 0 Å². The average molecular weight is 222 g/mol. The highest BCUT2D eigenvalue weighted by atomic mass is 16.3. The van der Waals surface area contributed by atoms with Gasteiger partial charge in [0.15, 0.2) is 0 Å². The third-order valence-electron chi connectivity index (χ3n) is 3.19. The van der Waals surface area contributed by atoms with Crippen molar-refractivity contribution in [2.24, 2.45) is 5.92 Å². The maximum absolute atomic E-state index is 9.81. The van der Waals surface area contributed by atoms with E-state index in [-0.39, 0.29) is 6.10 Å². The lowest BCUT2D eigenvalue weighted by Crippen LogP contribution is -2.43. The third-order valence-corrected chi connectivity index (χ3v) is 3.19. The molecule has 1 aliphatic heterocycles. The zero-order chi connectivity index (χ0) is 11.7. The summed E-state index contributed by atoms with van der Waals surface area (Å²) in [5, 5.41) is 9.81. The maximum Gasteiger partial charge on any atom is 0.149 e. The van der Waals surface area contributed by atoms with Gasteiger partial charge in [-0.25, -0.2) is 4.98 Å². The minimum absolute atomic E-state index is 0.297. The number of nitrogens with zero attached hydrogens (tertiary/aromatic N) is 2. The van der Waals surface area contributed by atoms with Crippen molar-refractivity contribution in [2.45, 2.75) is 19.4 Å². The van der Waals surface area contributed by atoms with Crippen LogP contribution in [0.1, 0.15) is 13.3 Å². The van der Waals surface area contributed by atoms with Crippen LogP contribution in [0.3, 0.4) is 0 Å². The van der Waals surface area contributed by atoms with Crippen LogP contribution in [0.25, 0.3) is 0 Å². The molecular formula is C11H18N4O. The second-order valence-electron chi connectivity index (χ2n) is 4.42. The van der Waals surface area contributed by atoms with Crippen LogP contribution >= 0.6 is 0 Å². The van der Waals surface area contributed by atoms with Gasteiger partial charge in [-0.2, -0.15) is 0 Å². The summed E-state index contributed by atoms with van der Waals surface area (Å²) in [6.07, 6.45) is 0.668. The Labute approximate surface area is 95.1 Å². The Balaban J connectivity index is 2.15. The lowest BCUT2D eigenvalue weighted by Gasteiger charge is -2.35. The van der Waals surface area contributed by atoms with Crippen LogP contribution in [-0.4, -0.2) is 29.3 Å². The molecule has 0 saturated carbocycles. The van der Waals surface area contributed by atoms with Gasteiger partial charge in [-0.15, -0.1) is 0 Å². The Morgan fingerprint density at radius 3 is 2.81 bits per heavy atom. The average Bonchev–Trinajstić information content (AvgIpc) is 2.26. The van der Waals surface area contributed by atoms with E-state index in [0.717, 1.165) is 18.8 Å². The zero-order valence-corrected chi connectivity index (χ0v) is 9.43. The van der Waals surface area contributed by atoms with E-state index >= 15 is 0 Å². The largest absolute Gasteiger partial charge is 0.396 e. The molecule has 1 fully saturated rings. The van der Waals surface area contributed by atoms with E-state index in [0.29, 0.717) is 24.0 Å². The minimum Gasteiger partial charge on any atom is -0.396 e. The Bertz CT molecular complexity index is 382. The molecule has 1 saturated heterocycles. The number of anilines is 3. The van der Waals surface area contributed by atoms with E-state index in [2.05, 4.69) is 11.9 Å². The fraction of sp³-hybridized carbons (Fsp3) is 0.545. The smallest absolute Gasteiger partial charge is 0.149 e. The van der Waals surface area contributed by atoms with E-state index in [1.54, 1.807) is 6.07 Å².